The minimum Gasteiger partial charge on any atom is -0.465 e. The molecular formula is C31H28N2O4. The van der Waals surface area contributed by atoms with Crippen LogP contribution in [0, 0.1) is 5.92 Å². The summed E-state index contributed by atoms with van der Waals surface area (Å²) in [6.45, 7) is 0. The first-order valence-corrected chi connectivity index (χ1v) is 12.7. The van der Waals surface area contributed by atoms with Gasteiger partial charge in [-0.25, -0.2) is 4.79 Å². The number of methoxy groups -OCH3 is 1. The fraction of sp³-hybridized carbons (Fsp3) is 0.258. The minimum absolute atomic E-state index is 0.0306. The maximum atomic E-state index is 14.0. The molecule has 1 aliphatic heterocycles. The number of rotatable bonds is 4. The number of para-hydroxylation sites is 2. The molecule has 6 nitrogen and oxygen atoms in total. The molecule has 3 aliphatic rings. The molecule has 1 fully saturated rings. The van der Waals surface area contributed by atoms with Gasteiger partial charge in [0, 0.05) is 23.6 Å². The van der Waals surface area contributed by atoms with Crippen LogP contribution < -0.4 is 10.2 Å². The SMILES string of the molecule is COC(=O)c1ccc([C@H]2C3=C(C[C@@H](c4ccccc4)CC3=O)Nc3ccccc3N2C(=O)C2CC2)cc1. The molecule has 0 saturated heterocycles. The summed E-state index contributed by atoms with van der Waals surface area (Å²) in [5.41, 5.74) is 5.41. The first-order valence-electron chi connectivity index (χ1n) is 12.7. The molecule has 3 aromatic carbocycles. The number of fused-ring (bicyclic) bond motifs is 1. The van der Waals surface area contributed by atoms with E-state index < -0.39 is 12.0 Å². The molecule has 2 aliphatic carbocycles. The van der Waals surface area contributed by atoms with Crippen LogP contribution in [-0.2, 0) is 14.3 Å². The molecule has 0 radical (unpaired) electrons. The molecule has 6 rings (SSSR count). The van der Waals surface area contributed by atoms with E-state index >= 15 is 0 Å². The number of anilines is 2. The van der Waals surface area contributed by atoms with Crippen LogP contribution in [0.1, 0.15) is 59.1 Å². The number of hydrogen-bond donors (Lipinski definition) is 1. The van der Waals surface area contributed by atoms with Gasteiger partial charge in [0.15, 0.2) is 5.78 Å². The summed E-state index contributed by atoms with van der Waals surface area (Å²) in [5, 5.41) is 3.57. The zero-order valence-corrected chi connectivity index (χ0v) is 20.6. The number of Topliss-reactive ketones (excluding diaryl/α,β-unsaturated/α-hetero) is 1. The third kappa shape index (κ3) is 4.22. The number of nitrogens with zero attached hydrogens (tertiary/aromatic N) is 1. The number of ether oxygens (including phenoxy) is 1. The van der Waals surface area contributed by atoms with E-state index in [-0.39, 0.29) is 23.5 Å². The highest BCUT2D eigenvalue weighted by molar-refractivity contribution is 6.07. The van der Waals surface area contributed by atoms with Gasteiger partial charge in [0.05, 0.1) is 30.1 Å². The van der Waals surface area contributed by atoms with Crippen LogP contribution in [0.5, 0.6) is 0 Å². The molecule has 2 atom stereocenters. The third-order valence-corrected chi connectivity index (χ3v) is 7.57. The topological polar surface area (TPSA) is 75.7 Å². The van der Waals surface area contributed by atoms with Crippen LogP contribution in [0.2, 0.25) is 0 Å². The monoisotopic (exact) mass is 492 g/mol. The molecule has 0 unspecified atom stereocenters. The van der Waals surface area contributed by atoms with Crippen molar-refractivity contribution in [3.8, 4) is 0 Å². The van der Waals surface area contributed by atoms with Crippen molar-refractivity contribution in [2.24, 2.45) is 5.92 Å². The number of esters is 1. The quantitative estimate of drug-likeness (QED) is 0.467. The van der Waals surface area contributed by atoms with Gasteiger partial charge in [-0.05, 0) is 60.6 Å². The Bertz CT molecular complexity index is 1410. The lowest BCUT2D eigenvalue weighted by Gasteiger charge is -2.35. The Hall–Kier alpha value is -4.19. The first-order chi connectivity index (χ1) is 18.0. The molecule has 0 aromatic heterocycles. The number of amides is 1. The normalized spacial score (nSPS) is 20.9. The van der Waals surface area contributed by atoms with E-state index in [1.807, 2.05) is 59.5 Å². The zero-order chi connectivity index (χ0) is 25.5. The van der Waals surface area contributed by atoms with Gasteiger partial charge in [-0.3, -0.25) is 14.5 Å². The van der Waals surface area contributed by atoms with Crippen molar-refractivity contribution >= 4 is 29.0 Å². The van der Waals surface area contributed by atoms with Crippen LogP contribution in [0.3, 0.4) is 0 Å². The summed E-state index contributed by atoms with van der Waals surface area (Å²) >= 11 is 0. The summed E-state index contributed by atoms with van der Waals surface area (Å²) in [5.74, 6) is -0.346. The van der Waals surface area contributed by atoms with Crippen molar-refractivity contribution in [2.75, 3.05) is 17.3 Å². The molecule has 37 heavy (non-hydrogen) atoms. The summed E-state index contributed by atoms with van der Waals surface area (Å²) in [7, 11) is 1.35. The van der Waals surface area contributed by atoms with Crippen molar-refractivity contribution in [3.63, 3.8) is 0 Å². The van der Waals surface area contributed by atoms with Crippen molar-refractivity contribution < 1.29 is 19.1 Å². The second-order valence-corrected chi connectivity index (χ2v) is 9.97. The Morgan fingerprint density at radius 2 is 1.57 bits per heavy atom. The fourth-order valence-electron chi connectivity index (χ4n) is 5.56. The highest BCUT2D eigenvalue weighted by atomic mass is 16.5. The van der Waals surface area contributed by atoms with Crippen LogP contribution >= 0.6 is 0 Å². The van der Waals surface area contributed by atoms with E-state index in [0.29, 0.717) is 24.0 Å². The highest BCUT2D eigenvalue weighted by Gasteiger charge is 2.45. The molecule has 6 heteroatoms. The van der Waals surface area contributed by atoms with E-state index in [9.17, 15) is 14.4 Å². The average Bonchev–Trinajstić information content (AvgIpc) is 3.79. The number of nitrogens with one attached hydrogen (secondary N) is 1. The Balaban J connectivity index is 1.52. The highest BCUT2D eigenvalue weighted by Crippen LogP contribution is 2.49. The van der Waals surface area contributed by atoms with Gasteiger partial charge in [0.25, 0.3) is 0 Å². The predicted octanol–water partition coefficient (Wildman–Crippen LogP) is 5.78. The van der Waals surface area contributed by atoms with Gasteiger partial charge >= 0.3 is 5.97 Å². The van der Waals surface area contributed by atoms with E-state index in [1.54, 1.807) is 12.1 Å². The Morgan fingerprint density at radius 3 is 2.27 bits per heavy atom. The van der Waals surface area contributed by atoms with Crippen molar-refractivity contribution in [2.45, 2.75) is 37.6 Å². The van der Waals surface area contributed by atoms with Gasteiger partial charge in [0.2, 0.25) is 5.91 Å². The van der Waals surface area contributed by atoms with Crippen LogP contribution in [-0.4, -0.2) is 24.8 Å². The zero-order valence-electron chi connectivity index (χ0n) is 20.6. The van der Waals surface area contributed by atoms with E-state index in [4.69, 9.17) is 4.74 Å². The summed E-state index contributed by atoms with van der Waals surface area (Å²) in [4.78, 5) is 41.7. The number of carbonyl (C=O) groups excluding carboxylic acids is 3. The molecule has 0 bridgehead atoms. The van der Waals surface area contributed by atoms with Crippen molar-refractivity contribution in [3.05, 3.63) is 107 Å². The number of allylic oxidation sites excluding steroid dienone is 1. The van der Waals surface area contributed by atoms with Gasteiger partial charge in [-0.1, -0.05) is 54.6 Å². The second-order valence-electron chi connectivity index (χ2n) is 9.97. The van der Waals surface area contributed by atoms with Gasteiger partial charge in [-0.2, -0.15) is 0 Å². The third-order valence-electron chi connectivity index (χ3n) is 7.57. The maximum Gasteiger partial charge on any atom is 0.337 e. The van der Waals surface area contributed by atoms with Crippen LogP contribution in [0.15, 0.2) is 90.1 Å². The molecule has 1 N–H and O–H groups in total. The standard InChI is InChI=1S/C31H28N2O4/c1-37-31(36)22-15-11-20(12-16-22)29-28-25(17-23(18-27(28)34)19-7-3-2-4-8-19)32-24-9-5-6-10-26(24)33(29)30(35)21-13-14-21/h2-12,15-16,21,23,29,32H,13-14,17-18H2,1H3/t23-,29+/m1/s1. The molecule has 1 saturated carbocycles. The smallest absolute Gasteiger partial charge is 0.337 e. The molecule has 1 heterocycles. The van der Waals surface area contributed by atoms with Crippen molar-refractivity contribution in [1.82, 2.24) is 0 Å². The number of benzene rings is 3. The fourth-order valence-corrected chi connectivity index (χ4v) is 5.56. The predicted molar refractivity (Wildman–Crippen MR) is 141 cm³/mol. The second kappa shape index (κ2) is 9.36. The largest absolute Gasteiger partial charge is 0.465 e. The molecule has 186 valence electrons. The van der Waals surface area contributed by atoms with Crippen LogP contribution in [0.25, 0.3) is 0 Å². The van der Waals surface area contributed by atoms with E-state index in [1.165, 1.54) is 7.11 Å². The lowest BCUT2D eigenvalue weighted by Crippen LogP contribution is -2.39. The van der Waals surface area contributed by atoms with Crippen molar-refractivity contribution in [1.29, 1.82) is 0 Å². The molecule has 1 amide bonds. The Labute approximate surface area is 215 Å². The summed E-state index contributed by atoms with van der Waals surface area (Å²) in [6.07, 6.45) is 2.76. The van der Waals surface area contributed by atoms with Crippen LogP contribution in [0.4, 0.5) is 11.4 Å². The van der Waals surface area contributed by atoms with E-state index in [0.717, 1.165) is 41.0 Å². The lowest BCUT2D eigenvalue weighted by molar-refractivity contribution is -0.120. The number of carbonyl (C=O) groups is 3. The maximum absolute atomic E-state index is 14.0. The summed E-state index contributed by atoms with van der Waals surface area (Å²) < 4.78 is 4.87. The first kappa shape index (κ1) is 23.2. The van der Waals surface area contributed by atoms with Gasteiger partial charge in [-0.15, -0.1) is 0 Å². The lowest BCUT2D eigenvalue weighted by atomic mass is 9.78. The molecule has 3 aromatic rings. The molecular weight excluding hydrogens is 464 g/mol. The summed E-state index contributed by atoms with van der Waals surface area (Å²) in [6, 6.07) is 24.4. The Morgan fingerprint density at radius 1 is 0.865 bits per heavy atom. The van der Waals surface area contributed by atoms with E-state index in [2.05, 4.69) is 17.4 Å². The number of ketones is 1. The molecule has 0 spiro atoms. The minimum atomic E-state index is -0.588. The van der Waals surface area contributed by atoms with Gasteiger partial charge < -0.3 is 10.1 Å². The number of hydrogen-bond acceptors (Lipinski definition) is 5. The average molecular weight is 493 g/mol. The van der Waals surface area contributed by atoms with Gasteiger partial charge in [0.1, 0.15) is 0 Å². The Kier molecular flexibility index (Phi) is 5.87.